The molecule has 2 bridgehead atoms. The second kappa shape index (κ2) is 5.68. The predicted molar refractivity (Wildman–Crippen MR) is 90.1 cm³/mol. The van der Waals surface area contributed by atoms with Gasteiger partial charge in [0.2, 0.25) is 0 Å². The summed E-state index contributed by atoms with van der Waals surface area (Å²) in [6.07, 6.45) is 9.55. The molecule has 1 atom stereocenters. The van der Waals surface area contributed by atoms with E-state index < -0.39 is 0 Å². The maximum Gasteiger partial charge on any atom is 0.270 e. The highest BCUT2D eigenvalue weighted by Crippen LogP contribution is 2.27. The number of benzene rings is 1. The van der Waals surface area contributed by atoms with Crippen LogP contribution in [0.5, 0.6) is 0 Å². The number of carbonyl (C=O) groups excluding carboxylic acids is 1. The fraction of sp³-hybridized carbons (Fsp3) is 0.368. The van der Waals surface area contributed by atoms with E-state index in [1.807, 2.05) is 24.3 Å². The van der Waals surface area contributed by atoms with Gasteiger partial charge in [-0.15, -0.1) is 6.42 Å². The van der Waals surface area contributed by atoms with Gasteiger partial charge in [0, 0.05) is 29.7 Å². The van der Waals surface area contributed by atoms with Crippen molar-refractivity contribution in [2.24, 2.45) is 5.92 Å². The van der Waals surface area contributed by atoms with Crippen molar-refractivity contribution in [3.8, 4) is 12.3 Å². The number of fused-ring (bicyclic) bond motifs is 4. The molecule has 1 N–H and O–H groups in total. The van der Waals surface area contributed by atoms with E-state index in [9.17, 15) is 4.79 Å². The number of amides is 1. The lowest BCUT2D eigenvalue weighted by Crippen LogP contribution is -2.57. The smallest absolute Gasteiger partial charge is 0.270 e. The summed E-state index contributed by atoms with van der Waals surface area (Å²) < 4.78 is 0. The molecule has 0 spiro atoms. The molecule has 0 radical (unpaired) electrons. The Morgan fingerprint density at radius 2 is 2.09 bits per heavy atom. The molecule has 5 rings (SSSR count). The van der Waals surface area contributed by atoms with E-state index in [2.05, 4.69) is 21.1 Å². The van der Waals surface area contributed by atoms with Crippen molar-refractivity contribution in [2.45, 2.75) is 18.9 Å². The number of carbonyl (C=O) groups is 1. The third kappa shape index (κ3) is 2.69. The van der Waals surface area contributed by atoms with E-state index in [-0.39, 0.29) is 11.9 Å². The minimum Gasteiger partial charge on any atom is -0.346 e. The summed E-state index contributed by atoms with van der Waals surface area (Å²) >= 11 is 0. The molecule has 1 aromatic heterocycles. The van der Waals surface area contributed by atoms with Crippen LogP contribution in [0, 0.1) is 18.3 Å². The van der Waals surface area contributed by atoms with Crippen LogP contribution in [0.15, 0.2) is 30.5 Å². The standard InChI is InChI=1S/C19H19N3O/c1-2-13-3-4-15-11-20-17(10-16(15)9-13)19(23)21-18-12-22-7-5-14(18)6-8-22/h1,3-4,9-11,14,18H,5-8,12H2,(H,21,23)/t18-/m0/s1. The van der Waals surface area contributed by atoms with Crippen molar-refractivity contribution in [3.63, 3.8) is 0 Å². The number of hydrogen-bond acceptors (Lipinski definition) is 3. The van der Waals surface area contributed by atoms with E-state index in [0.29, 0.717) is 11.6 Å². The Kier molecular flexibility index (Phi) is 3.51. The Hall–Kier alpha value is -2.38. The molecule has 4 nitrogen and oxygen atoms in total. The molecule has 3 aliphatic rings. The minimum absolute atomic E-state index is 0.0863. The van der Waals surface area contributed by atoms with Crippen molar-refractivity contribution in [3.05, 3.63) is 41.7 Å². The van der Waals surface area contributed by atoms with Gasteiger partial charge in [-0.25, -0.2) is 0 Å². The summed E-state index contributed by atoms with van der Waals surface area (Å²) in [6.45, 7) is 3.30. The van der Waals surface area contributed by atoms with Crippen LogP contribution in [0.3, 0.4) is 0 Å². The summed E-state index contributed by atoms with van der Waals surface area (Å²) in [6, 6.07) is 7.82. The van der Waals surface area contributed by atoms with Crippen LogP contribution in [0.4, 0.5) is 0 Å². The summed E-state index contributed by atoms with van der Waals surface area (Å²) in [5, 5.41) is 5.12. The van der Waals surface area contributed by atoms with Crippen molar-refractivity contribution in [1.29, 1.82) is 0 Å². The first kappa shape index (κ1) is 14.2. The number of nitrogens with one attached hydrogen (secondary N) is 1. The lowest BCUT2D eigenvalue weighted by atomic mass is 9.84. The first-order valence-corrected chi connectivity index (χ1v) is 8.12. The summed E-state index contributed by atoms with van der Waals surface area (Å²) in [4.78, 5) is 19.3. The van der Waals surface area contributed by atoms with Crippen LogP contribution in [0.1, 0.15) is 28.9 Å². The number of rotatable bonds is 2. The van der Waals surface area contributed by atoms with Crippen molar-refractivity contribution in [1.82, 2.24) is 15.2 Å². The monoisotopic (exact) mass is 305 g/mol. The normalized spacial score (nSPS) is 26.0. The number of nitrogens with zero attached hydrogens (tertiary/aromatic N) is 2. The number of piperidine rings is 3. The lowest BCUT2D eigenvalue weighted by molar-refractivity contribution is 0.0618. The zero-order valence-corrected chi connectivity index (χ0v) is 13.0. The van der Waals surface area contributed by atoms with Crippen molar-refractivity contribution >= 4 is 16.7 Å². The Balaban J connectivity index is 1.56. The predicted octanol–water partition coefficient (Wildman–Crippen LogP) is 2.04. The number of terminal acetylenes is 1. The van der Waals surface area contributed by atoms with E-state index in [0.717, 1.165) is 22.9 Å². The minimum atomic E-state index is -0.0863. The van der Waals surface area contributed by atoms with E-state index in [1.165, 1.54) is 25.9 Å². The highest BCUT2D eigenvalue weighted by Gasteiger charge is 2.35. The summed E-state index contributed by atoms with van der Waals surface area (Å²) in [5.41, 5.74) is 1.27. The molecule has 0 saturated carbocycles. The van der Waals surface area contributed by atoms with Gasteiger partial charge >= 0.3 is 0 Å². The maximum absolute atomic E-state index is 12.6. The Morgan fingerprint density at radius 3 is 2.78 bits per heavy atom. The van der Waals surface area contributed by atoms with Crippen LogP contribution in [-0.2, 0) is 0 Å². The molecule has 3 saturated heterocycles. The third-order valence-corrected chi connectivity index (χ3v) is 5.09. The number of hydrogen-bond donors (Lipinski definition) is 1. The Bertz CT molecular complexity index is 800. The Labute approximate surface area is 135 Å². The third-order valence-electron chi connectivity index (χ3n) is 5.09. The quantitative estimate of drug-likeness (QED) is 0.864. The van der Waals surface area contributed by atoms with Gasteiger partial charge < -0.3 is 10.2 Å². The SMILES string of the molecule is C#Cc1ccc2cnc(C(=O)N[C@H]3CN4CCC3CC4)cc2c1. The Morgan fingerprint density at radius 1 is 1.26 bits per heavy atom. The zero-order valence-electron chi connectivity index (χ0n) is 13.0. The topological polar surface area (TPSA) is 45.2 Å². The van der Waals surface area contributed by atoms with Gasteiger partial charge in [-0.05, 0) is 55.4 Å². The number of aromatic nitrogens is 1. The van der Waals surface area contributed by atoms with Gasteiger partial charge in [-0.2, -0.15) is 0 Å². The van der Waals surface area contributed by atoms with Crippen molar-refractivity contribution in [2.75, 3.05) is 19.6 Å². The average molecular weight is 305 g/mol. The van der Waals surface area contributed by atoms with Gasteiger partial charge in [0.05, 0.1) is 0 Å². The maximum atomic E-state index is 12.6. The van der Waals surface area contributed by atoms with Gasteiger partial charge in [-0.3, -0.25) is 9.78 Å². The first-order valence-electron chi connectivity index (χ1n) is 8.12. The van der Waals surface area contributed by atoms with Crippen LogP contribution < -0.4 is 5.32 Å². The van der Waals surface area contributed by atoms with E-state index in [4.69, 9.17) is 6.42 Å². The fourth-order valence-electron chi connectivity index (χ4n) is 3.73. The second-order valence-corrected chi connectivity index (χ2v) is 6.49. The molecule has 3 fully saturated rings. The molecule has 2 aromatic rings. The van der Waals surface area contributed by atoms with E-state index in [1.54, 1.807) is 6.20 Å². The van der Waals surface area contributed by atoms with Crippen molar-refractivity contribution < 1.29 is 4.79 Å². The molecule has 0 unspecified atom stereocenters. The average Bonchev–Trinajstić information content (AvgIpc) is 2.61. The molecule has 23 heavy (non-hydrogen) atoms. The van der Waals surface area contributed by atoms with Crippen LogP contribution >= 0.6 is 0 Å². The summed E-state index contributed by atoms with van der Waals surface area (Å²) in [7, 11) is 0. The molecule has 0 aliphatic carbocycles. The van der Waals surface area contributed by atoms with Crippen LogP contribution in [-0.4, -0.2) is 41.5 Å². The van der Waals surface area contributed by atoms with Gasteiger partial charge in [0.15, 0.2) is 0 Å². The molecule has 3 aliphatic heterocycles. The van der Waals surface area contributed by atoms with E-state index >= 15 is 0 Å². The molecule has 4 heterocycles. The molecule has 1 amide bonds. The largest absolute Gasteiger partial charge is 0.346 e. The van der Waals surface area contributed by atoms with Gasteiger partial charge in [0.25, 0.3) is 5.91 Å². The zero-order chi connectivity index (χ0) is 15.8. The molecular formula is C19H19N3O. The first-order chi connectivity index (χ1) is 11.2. The van der Waals surface area contributed by atoms with Crippen LogP contribution in [0.2, 0.25) is 0 Å². The highest BCUT2D eigenvalue weighted by atomic mass is 16.1. The highest BCUT2D eigenvalue weighted by molar-refractivity contribution is 5.96. The second-order valence-electron chi connectivity index (χ2n) is 6.49. The van der Waals surface area contributed by atoms with Crippen LogP contribution in [0.25, 0.3) is 10.8 Å². The molecule has 116 valence electrons. The lowest BCUT2D eigenvalue weighted by Gasteiger charge is -2.44. The fourth-order valence-corrected chi connectivity index (χ4v) is 3.73. The van der Waals surface area contributed by atoms with Gasteiger partial charge in [-0.1, -0.05) is 12.0 Å². The van der Waals surface area contributed by atoms with Gasteiger partial charge in [0.1, 0.15) is 5.69 Å². The molecular weight excluding hydrogens is 286 g/mol. The molecule has 1 aromatic carbocycles. The number of pyridine rings is 1. The summed E-state index contributed by atoms with van der Waals surface area (Å²) in [5.74, 6) is 3.15. The molecule has 4 heteroatoms.